The second-order valence-electron chi connectivity index (χ2n) is 7.96. The second kappa shape index (κ2) is 12.2. The van der Waals surface area contributed by atoms with E-state index in [0.717, 1.165) is 62.0 Å². The van der Waals surface area contributed by atoms with E-state index in [1.807, 2.05) is 12.1 Å². The van der Waals surface area contributed by atoms with Gasteiger partial charge >= 0.3 is 0 Å². The number of methoxy groups -OCH3 is 1. The third-order valence-electron chi connectivity index (χ3n) is 5.48. The molecule has 168 valence electrons. The Kier molecular flexibility index (Phi) is 9.03. The fourth-order valence-electron chi connectivity index (χ4n) is 3.56. The molecule has 1 aliphatic heterocycles. The summed E-state index contributed by atoms with van der Waals surface area (Å²) in [4.78, 5) is 4.35. The van der Waals surface area contributed by atoms with Crippen LogP contribution in [0.3, 0.4) is 0 Å². The zero-order chi connectivity index (χ0) is 21.9. The van der Waals surface area contributed by atoms with E-state index < -0.39 is 0 Å². The highest BCUT2D eigenvalue weighted by molar-refractivity contribution is 5.79. The van der Waals surface area contributed by atoms with Crippen molar-refractivity contribution in [3.8, 4) is 11.5 Å². The molecule has 2 aromatic carbocycles. The zero-order valence-corrected chi connectivity index (χ0v) is 18.9. The van der Waals surface area contributed by atoms with Gasteiger partial charge in [0.25, 0.3) is 0 Å². The van der Waals surface area contributed by atoms with Gasteiger partial charge in [-0.3, -0.25) is 4.99 Å². The fourth-order valence-corrected chi connectivity index (χ4v) is 3.56. The Morgan fingerprint density at radius 3 is 2.71 bits per heavy atom. The quantitative estimate of drug-likeness (QED) is 0.345. The van der Waals surface area contributed by atoms with Crippen LogP contribution in [0.1, 0.15) is 29.5 Å². The molecule has 0 bridgehead atoms. The summed E-state index contributed by atoms with van der Waals surface area (Å²) in [7, 11) is 3.49. The molecule has 6 nitrogen and oxygen atoms in total. The zero-order valence-electron chi connectivity index (χ0n) is 18.9. The molecular weight excluding hydrogens is 390 g/mol. The van der Waals surface area contributed by atoms with E-state index in [1.165, 1.54) is 11.1 Å². The second-order valence-corrected chi connectivity index (χ2v) is 7.96. The number of guanidine groups is 1. The van der Waals surface area contributed by atoms with Crippen molar-refractivity contribution in [1.82, 2.24) is 10.6 Å². The standard InChI is InChI=1S/C25H35N3O3/c1-19-6-9-22(24(15-19)31-18-21-12-14-30-17-21)16-28-25(26-2)27-13-4-5-20-7-10-23(29-3)11-8-20/h6-11,15,21H,4-5,12-14,16-18H2,1-3H3,(H2,26,27,28). The largest absolute Gasteiger partial charge is 0.497 e. The van der Waals surface area contributed by atoms with Gasteiger partial charge in [-0.05, 0) is 55.5 Å². The lowest BCUT2D eigenvalue weighted by Gasteiger charge is -2.17. The van der Waals surface area contributed by atoms with E-state index in [2.05, 4.69) is 52.9 Å². The summed E-state index contributed by atoms with van der Waals surface area (Å²) in [6.45, 7) is 5.95. The summed E-state index contributed by atoms with van der Waals surface area (Å²) in [5, 5.41) is 6.80. The van der Waals surface area contributed by atoms with Crippen molar-refractivity contribution in [2.24, 2.45) is 10.9 Å². The molecule has 2 N–H and O–H groups in total. The van der Waals surface area contributed by atoms with Crippen LogP contribution in [-0.2, 0) is 17.7 Å². The molecule has 0 saturated carbocycles. The predicted octanol–water partition coefficient (Wildman–Crippen LogP) is 3.72. The van der Waals surface area contributed by atoms with Crippen molar-refractivity contribution in [2.45, 2.75) is 32.7 Å². The average Bonchev–Trinajstić information content (AvgIpc) is 3.32. The topological polar surface area (TPSA) is 64.1 Å². The highest BCUT2D eigenvalue weighted by Gasteiger charge is 2.17. The Labute approximate surface area is 186 Å². The third kappa shape index (κ3) is 7.47. The Morgan fingerprint density at radius 1 is 1.16 bits per heavy atom. The van der Waals surface area contributed by atoms with Gasteiger partial charge in [-0.25, -0.2) is 0 Å². The molecule has 1 unspecified atom stereocenters. The lowest BCUT2D eigenvalue weighted by Crippen LogP contribution is -2.37. The first-order valence-corrected chi connectivity index (χ1v) is 11.1. The van der Waals surface area contributed by atoms with Crippen LogP contribution in [-0.4, -0.2) is 46.5 Å². The number of benzene rings is 2. The van der Waals surface area contributed by atoms with Crippen molar-refractivity contribution >= 4 is 5.96 Å². The van der Waals surface area contributed by atoms with Crippen LogP contribution in [0.25, 0.3) is 0 Å². The van der Waals surface area contributed by atoms with Gasteiger partial charge in [0.05, 0.1) is 20.3 Å². The lowest BCUT2D eigenvalue weighted by molar-refractivity contribution is 0.166. The third-order valence-corrected chi connectivity index (χ3v) is 5.48. The summed E-state index contributed by atoms with van der Waals surface area (Å²) in [6, 6.07) is 14.6. The summed E-state index contributed by atoms with van der Waals surface area (Å²) in [5.74, 6) is 3.11. The Balaban J connectivity index is 1.43. The molecule has 1 heterocycles. The van der Waals surface area contributed by atoms with Crippen molar-refractivity contribution in [1.29, 1.82) is 0 Å². The summed E-state index contributed by atoms with van der Waals surface area (Å²) < 4.78 is 16.8. The van der Waals surface area contributed by atoms with Gasteiger partial charge in [-0.1, -0.05) is 24.3 Å². The van der Waals surface area contributed by atoms with Crippen LogP contribution in [0.15, 0.2) is 47.5 Å². The lowest BCUT2D eigenvalue weighted by atomic mass is 10.1. The molecule has 0 spiro atoms. The molecule has 0 amide bonds. The van der Waals surface area contributed by atoms with E-state index >= 15 is 0 Å². The first-order chi connectivity index (χ1) is 15.2. The van der Waals surface area contributed by atoms with Gasteiger partial charge < -0.3 is 24.8 Å². The molecule has 1 atom stereocenters. The van der Waals surface area contributed by atoms with Gasteiger partial charge in [-0.15, -0.1) is 0 Å². The SMILES string of the molecule is CN=C(NCCCc1ccc(OC)cc1)NCc1ccc(C)cc1OCC1CCOC1. The molecule has 1 saturated heterocycles. The van der Waals surface area contributed by atoms with Gasteiger partial charge in [-0.2, -0.15) is 0 Å². The van der Waals surface area contributed by atoms with Crippen LogP contribution in [0.4, 0.5) is 0 Å². The van der Waals surface area contributed by atoms with Crippen LogP contribution in [0.2, 0.25) is 0 Å². The van der Waals surface area contributed by atoms with E-state index in [9.17, 15) is 0 Å². The highest BCUT2D eigenvalue weighted by Crippen LogP contribution is 2.22. The smallest absolute Gasteiger partial charge is 0.191 e. The predicted molar refractivity (Wildman–Crippen MR) is 125 cm³/mol. The van der Waals surface area contributed by atoms with Crippen molar-refractivity contribution in [3.63, 3.8) is 0 Å². The van der Waals surface area contributed by atoms with E-state index in [4.69, 9.17) is 14.2 Å². The summed E-state index contributed by atoms with van der Waals surface area (Å²) in [6.07, 6.45) is 3.11. The maximum atomic E-state index is 6.14. The molecular formula is C25H35N3O3. The van der Waals surface area contributed by atoms with Crippen LogP contribution in [0.5, 0.6) is 11.5 Å². The fraction of sp³-hybridized carbons (Fsp3) is 0.480. The Bertz CT molecular complexity index is 830. The number of aryl methyl sites for hydroxylation is 2. The van der Waals surface area contributed by atoms with Gasteiger partial charge in [0.1, 0.15) is 11.5 Å². The molecule has 31 heavy (non-hydrogen) atoms. The molecule has 1 aliphatic rings. The molecule has 2 aromatic rings. The first-order valence-electron chi connectivity index (χ1n) is 11.1. The monoisotopic (exact) mass is 425 g/mol. The molecule has 0 radical (unpaired) electrons. The Hall–Kier alpha value is -2.73. The van der Waals surface area contributed by atoms with E-state index in [1.54, 1.807) is 14.2 Å². The highest BCUT2D eigenvalue weighted by atomic mass is 16.5. The number of aliphatic imine (C=N–C) groups is 1. The number of ether oxygens (including phenoxy) is 3. The van der Waals surface area contributed by atoms with Gasteiger partial charge in [0.2, 0.25) is 0 Å². The normalized spacial score (nSPS) is 16.2. The number of nitrogens with zero attached hydrogens (tertiary/aromatic N) is 1. The number of nitrogens with one attached hydrogen (secondary N) is 2. The minimum Gasteiger partial charge on any atom is -0.497 e. The van der Waals surface area contributed by atoms with Crippen LogP contribution in [0, 0.1) is 12.8 Å². The first kappa shape index (κ1) is 22.9. The van der Waals surface area contributed by atoms with Crippen molar-refractivity contribution < 1.29 is 14.2 Å². The number of hydrogen-bond donors (Lipinski definition) is 2. The van der Waals surface area contributed by atoms with E-state index in [-0.39, 0.29) is 0 Å². The minimum atomic E-state index is 0.487. The molecule has 1 fully saturated rings. The van der Waals surface area contributed by atoms with E-state index in [0.29, 0.717) is 19.1 Å². The number of hydrogen-bond acceptors (Lipinski definition) is 4. The summed E-state index contributed by atoms with van der Waals surface area (Å²) in [5.41, 5.74) is 3.63. The van der Waals surface area contributed by atoms with Crippen LogP contribution < -0.4 is 20.1 Å². The maximum Gasteiger partial charge on any atom is 0.191 e. The van der Waals surface area contributed by atoms with Crippen molar-refractivity contribution in [3.05, 3.63) is 59.2 Å². The van der Waals surface area contributed by atoms with Crippen molar-refractivity contribution in [2.75, 3.05) is 40.5 Å². The van der Waals surface area contributed by atoms with Crippen LogP contribution >= 0.6 is 0 Å². The summed E-state index contributed by atoms with van der Waals surface area (Å²) >= 11 is 0. The van der Waals surface area contributed by atoms with Gasteiger partial charge in [0.15, 0.2) is 5.96 Å². The number of rotatable bonds is 10. The molecule has 0 aliphatic carbocycles. The molecule has 0 aromatic heterocycles. The average molecular weight is 426 g/mol. The van der Waals surface area contributed by atoms with Gasteiger partial charge in [0, 0.05) is 38.2 Å². The Morgan fingerprint density at radius 2 is 2.00 bits per heavy atom. The maximum absolute atomic E-state index is 6.14. The molecule has 3 rings (SSSR count). The minimum absolute atomic E-state index is 0.487. The molecule has 6 heteroatoms.